The third kappa shape index (κ3) is 2.29. The number of nitrogens with zero attached hydrogens (tertiary/aromatic N) is 7. The van der Waals surface area contributed by atoms with Crippen molar-refractivity contribution in [3.63, 3.8) is 0 Å². The zero-order valence-corrected chi connectivity index (χ0v) is 11.5. The highest BCUT2D eigenvalue weighted by Gasteiger charge is 2.23. The lowest BCUT2D eigenvalue weighted by molar-refractivity contribution is 0.0691. The van der Waals surface area contributed by atoms with Gasteiger partial charge >= 0.3 is 5.97 Å². The van der Waals surface area contributed by atoms with E-state index in [2.05, 4.69) is 20.4 Å². The molecule has 0 saturated heterocycles. The van der Waals surface area contributed by atoms with Crippen molar-refractivity contribution in [2.45, 2.75) is 6.54 Å². The maximum absolute atomic E-state index is 11.3. The summed E-state index contributed by atoms with van der Waals surface area (Å²) in [6.45, 7) is 0.323. The van der Waals surface area contributed by atoms with Gasteiger partial charge in [0.2, 0.25) is 5.69 Å². The minimum atomic E-state index is -1.14. The van der Waals surface area contributed by atoms with Crippen LogP contribution in [0.4, 0.5) is 0 Å². The van der Waals surface area contributed by atoms with Crippen LogP contribution >= 0.6 is 0 Å². The second-order valence-corrected chi connectivity index (χ2v) is 4.59. The Balaban J connectivity index is 2.09. The van der Waals surface area contributed by atoms with E-state index >= 15 is 0 Å². The first kappa shape index (κ1) is 13.0. The van der Waals surface area contributed by atoms with E-state index in [-0.39, 0.29) is 5.69 Å². The summed E-state index contributed by atoms with van der Waals surface area (Å²) < 4.78 is 4.89. The van der Waals surface area contributed by atoms with Crippen molar-refractivity contribution in [2.24, 2.45) is 14.1 Å². The predicted molar refractivity (Wildman–Crippen MR) is 71.5 cm³/mol. The van der Waals surface area contributed by atoms with Crippen LogP contribution in [0.25, 0.3) is 11.5 Å². The molecule has 0 aliphatic carbocycles. The van der Waals surface area contributed by atoms with Crippen LogP contribution < -0.4 is 0 Å². The molecule has 0 spiro atoms. The summed E-state index contributed by atoms with van der Waals surface area (Å²) in [5, 5.41) is 21.2. The van der Waals surface area contributed by atoms with Crippen molar-refractivity contribution in [3.05, 3.63) is 36.0 Å². The van der Waals surface area contributed by atoms with Crippen LogP contribution in [0.5, 0.6) is 0 Å². The predicted octanol–water partition coefficient (Wildman–Crippen LogP) is 0.159. The fourth-order valence-corrected chi connectivity index (χ4v) is 2.08. The van der Waals surface area contributed by atoms with Crippen LogP contribution in [0.3, 0.4) is 0 Å². The van der Waals surface area contributed by atoms with Crippen LogP contribution in [-0.2, 0) is 20.6 Å². The Morgan fingerprint density at radius 1 is 1.33 bits per heavy atom. The van der Waals surface area contributed by atoms with Gasteiger partial charge in [0.15, 0.2) is 5.82 Å². The molecule has 0 atom stereocenters. The Kier molecular flexibility index (Phi) is 3.01. The Morgan fingerprint density at radius 3 is 2.71 bits per heavy atom. The summed E-state index contributed by atoms with van der Waals surface area (Å²) >= 11 is 0. The summed E-state index contributed by atoms with van der Waals surface area (Å²) in [7, 11) is 3.60. The molecule has 0 aromatic carbocycles. The smallest absolute Gasteiger partial charge is 0.358 e. The first-order valence-electron chi connectivity index (χ1n) is 6.19. The molecule has 108 valence electrons. The summed E-state index contributed by atoms with van der Waals surface area (Å²) in [6, 6.07) is 1.84. The van der Waals surface area contributed by atoms with E-state index in [1.165, 1.54) is 4.68 Å². The molecule has 3 rings (SSSR count). The van der Waals surface area contributed by atoms with Crippen molar-refractivity contribution in [2.75, 3.05) is 0 Å². The fraction of sp³-hybridized carbons (Fsp3) is 0.250. The quantitative estimate of drug-likeness (QED) is 0.733. The second-order valence-electron chi connectivity index (χ2n) is 4.59. The van der Waals surface area contributed by atoms with Gasteiger partial charge in [-0.05, 0) is 6.07 Å². The molecule has 0 radical (unpaired) electrons. The van der Waals surface area contributed by atoms with Gasteiger partial charge in [-0.15, -0.1) is 5.10 Å². The van der Waals surface area contributed by atoms with Crippen molar-refractivity contribution >= 4 is 5.97 Å². The third-order valence-corrected chi connectivity index (χ3v) is 3.05. The number of aryl methyl sites for hydroxylation is 2. The average molecular weight is 287 g/mol. The summed E-state index contributed by atoms with van der Waals surface area (Å²) in [6.07, 6.45) is 5.14. The normalized spacial score (nSPS) is 11.0. The molecule has 3 aromatic rings. The largest absolute Gasteiger partial charge is 0.476 e. The Labute approximate surface area is 119 Å². The Morgan fingerprint density at radius 2 is 2.14 bits per heavy atom. The molecular weight excluding hydrogens is 274 g/mol. The molecule has 21 heavy (non-hydrogen) atoms. The van der Waals surface area contributed by atoms with Crippen molar-refractivity contribution in [3.8, 4) is 11.5 Å². The highest BCUT2D eigenvalue weighted by Crippen LogP contribution is 2.20. The van der Waals surface area contributed by atoms with E-state index in [0.29, 0.717) is 18.1 Å². The van der Waals surface area contributed by atoms with E-state index in [4.69, 9.17) is 0 Å². The lowest BCUT2D eigenvalue weighted by Crippen LogP contribution is -2.09. The number of carboxylic acids is 1. The minimum absolute atomic E-state index is 0.125. The number of aromatic nitrogens is 7. The van der Waals surface area contributed by atoms with Crippen LogP contribution in [0.1, 0.15) is 16.2 Å². The number of aromatic carboxylic acids is 1. The molecule has 0 fully saturated rings. The lowest BCUT2D eigenvalue weighted by atomic mass is 10.3. The van der Waals surface area contributed by atoms with Crippen molar-refractivity contribution < 1.29 is 9.90 Å². The molecule has 0 aliphatic rings. The van der Waals surface area contributed by atoms with E-state index in [1.54, 1.807) is 28.7 Å². The highest BCUT2D eigenvalue weighted by atomic mass is 16.4. The van der Waals surface area contributed by atoms with Crippen LogP contribution in [-0.4, -0.2) is 45.4 Å². The molecule has 0 aliphatic heterocycles. The third-order valence-electron chi connectivity index (χ3n) is 3.05. The van der Waals surface area contributed by atoms with Gasteiger partial charge in [-0.1, -0.05) is 5.21 Å². The molecule has 0 bridgehead atoms. The summed E-state index contributed by atoms with van der Waals surface area (Å²) in [5.41, 5.74) is 0.996. The first-order chi connectivity index (χ1) is 10.1. The van der Waals surface area contributed by atoms with Gasteiger partial charge < -0.3 is 9.67 Å². The van der Waals surface area contributed by atoms with E-state index in [0.717, 1.165) is 5.69 Å². The highest BCUT2D eigenvalue weighted by molar-refractivity contribution is 5.91. The van der Waals surface area contributed by atoms with E-state index < -0.39 is 5.97 Å². The molecular formula is C12H13N7O2. The van der Waals surface area contributed by atoms with Crippen LogP contribution in [0, 0.1) is 0 Å². The van der Waals surface area contributed by atoms with Crippen LogP contribution in [0.2, 0.25) is 0 Å². The molecule has 9 nitrogen and oxygen atoms in total. The number of imidazole rings is 1. The monoisotopic (exact) mass is 287 g/mol. The summed E-state index contributed by atoms with van der Waals surface area (Å²) in [5.74, 6) is -0.645. The summed E-state index contributed by atoms with van der Waals surface area (Å²) in [4.78, 5) is 15.5. The van der Waals surface area contributed by atoms with E-state index in [1.807, 2.05) is 19.3 Å². The lowest BCUT2D eigenvalue weighted by Gasteiger charge is -2.05. The van der Waals surface area contributed by atoms with Gasteiger partial charge in [0.05, 0.1) is 12.2 Å². The van der Waals surface area contributed by atoms with E-state index in [9.17, 15) is 9.90 Å². The molecule has 3 heterocycles. The Bertz CT molecular complexity index is 798. The standard InChI is InChI=1S/C12H13N7O2/c1-17-6-4-13-11(17)10-9(12(20)21)14-16-19(10)7-8-3-5-18(2)15-8/h3-6H,7H2,1-2H3,(H,20,21). The molecule has 0 amide bonds. The second kappa shape index (κ2) is 4.85. The SMILES string of the molecule is Cn1ccc(Cn2nnc(C(=O)O)c2-c2nccn2C)n1. The number of hydrogen-bond acceptors (Lipinski definition) is 5. The van der Waals surface area contributed by atoms with Crippen LogP contribution in [0.15, 0.2) is 24.7 Å². The molecule has 1 N–H and O–H groups in total. The number of carboxylic acid groups (broad SMARTS) is 1. The molecule has 0 saturated carbocycles. The zero-order valence-electron chi connectivity index (χ0n) is 11.5. The van der Waals surface area contributed by atoms with Crippen molar-refractivity contribution in [1.82, 2.24) is 34.3 Å². The minimum Gasteiger partial charge on any atom is -0.476 e. The van der Waals surface area contributed by atoms with Crippen molar-refractivity contribution in [1.29, 1.82) is 0 Å². The van der Waals surface area contributed by atoms with Gasteiger partial charge in [-0.3, -0.25) is 4.68 Å². The number of hydrogen-bond donors (Lipinski definition) is 1. The maximum atomic E-state index is 11.3. The molecule has 3 aromatic heterocycles. The number of carbonyl (C=O) groups is 1. The number of rotatable bonds is 4. The maximum Gasteiger partial charge on any atom is 0.358 e. The van der Waals surface area contributed by atoms with Gasteiger partial charge in [0.1, 0.15) is 5.69 Å². The average Bonchev–Trinajstić information content (AvgIpc) is 3.11. The van der Waals surface area contributed by atoms with Gasteiger partial charge in [0, 0.05) is 32.7 Å². The topological polar surface area (TPSA) is 104 Å². The van der Waals surface area contributed by atoms with Gasteiger partial charge in [-0.25, -0.2) is 14.5 Å². The van der Waals surface area contributed by atoms with Gasteiger partial charge in [0.25, 0.3) is 0 Å². The first-order valence-corrected chi connectivity index (χ1v) is 6.19. The van der Waals surface area contributed by atoms with Gasteiger partial charge in [-0.2, -0.15) is 5.10 Å². The fourth-order valence-electron chi connectivity index (χ4n) is 2.08. The molecule has 0 unspecified atom stereocenters. The molecule has 9 heteroatoms. The zero-order chi connectivity index (χ0) is 15.0. The Hall–Kier alpha value is -2.97.